The van der Waals surface area contributed by atoms with Crippen LogP contribution in [0.4, 0.5) is 5.69 Å². The first kappa shape index (κ1) is 13.7. The molecule has 108 valence electrons. The maximum atomic E-state index is 11.7. The molecule has 3 rings (SSSR count). The van der Waals surface area contributed by atoms with E-state index >= 15 is 0 Å². The highest BCUT2D eigenvalue weighted by atomic mass is 16.5. The highest BCUT2D eigenvalue weighted by Crippen LogP contribution is 2.33. The number of benzene rings is 2. The molecule has 1 fully saturated rings. The van der Waals surface area contributed by atoms with Gasteiger partial charge in [0.15, 0.2) is 0 Å². The lowest BCUT2D eigenvalue weighted by atomic mass is 10.0. The fourth-order valence-electron chi connectivity index (χ4n) is 2.88. The van der Waals surface area contributed by atoms with E-state index in [1.165, 1.54) is 31.2 Å². The summed E-state index contributed by atoms with van der Waals surface area (Å²) in [7, 11) is 1.41. The monoisotopic (exact) mass is 281 g/mol. The van der Waals surface area contributed by atoms with E-state index in [1.807, 2.05) is 24.3 Å². The van der Waals surface area contributed by atoms with Crippen LogP contribution in [0.25, 0.3) is 11.1 Å². The normalized spacial score (nSPS) is 14.2. The summed E-state index contributed by atoms with van der Waals surface area (Å²) in [4.78, 5) is 14.1. The minimum Gasteiger partial charge on any atom is -0.465 e. The summed E-state index contributed by atoms with van der Waals surface area (Å²) in [6.07, 6.45) is 2.49. The maximum Gasteiger partial charge on any atom is 0.337 e. The molecule has 2 aromatic rings. The van der Waals surface area contributed by atoms with E-state index in [-0.39, 0.29) is 5.97 Å². The third kappa shape index (κ3) is 2.77. The Morgan fingerprint density at radius 2 is 1.81 bits per heavy atom. The molecule has 0 unspecified atom stereocenters. The van der Waals surface area contributed by atoms with Gasteiger partial charge >= 0.3 is 5.97 Å². The van der Waals surface area contributed by atoms with Crippen molar-refractivity contribution in [1.29, 1.82) is 0 Å². The van der Waals surface area contributed by atoms with Crippen LogP contribution in [0.15, 0.2) is 48.5 Å². The number of anilines is 1. The zero-order valence-corrected chi connectivity index (χ0v) is 12.2. The molecule has 2 aromatic carbocycles. The Bertz CT molecular complexity index is 645. The highest BCUT2D eigenvalue weighted by Gasteiger charge is 2.16. The molecule has 0 radical (unpaired) electrons. The topological polar surface area (TPSA) is 29.5 Å². The van der Waals surface area contributed by atoms with E-state index in [9.17, 15) is 4.79 Å². The quantitative estimate of drug-likeness (QED) is 0.803. The molecule has 0 atom stereocenters. The Morgan fingerprint density at radius 3 is 2.57 bits per heavy atom. The first-order valence-electron chi connectivity index (χ1n) is 7.32. The van der Waals surface area contributed by atoms with Gasteiger partial charge in [0.25, 0.3) is 0 Å². The number of carbonyl (C=O) groups is 1. The summed E-state index contributed by atoms with van der Waals surface area (Å²) < 4.78 is 4.81. The van der Waals surface area contributed by atoms with Gasteiger partial charge in [-0.05, 0) is 36.6 Å². The van der Waals surface area contributed by atoms with Gasteiger partial charge in [0.1, 0.15) is 0 Å². The Hall–Kier alpha value is -2.29. The molecule has 0 N–H and O–H groups in total. The minimum atomic E-state index is -0.296. The predicted molar refractivity (Wildman–Crippen MR) is 84.7 cm³/mol. The molecule has 0 aliphatic carbocycles. The Kier molecular flexibility index (Phi) is 3.91. The van der Waals surface area contributed by atoms with Crippen molar-refractivity contribution in [2.75, 3.05) is 25.1 Å². The van der Waals surface area contributed by atoms with Gasteiger partial charge in [-0.3, -0.25) is 0 Å². The number of carbonyl (C=O) groups excluding carboxylic acids is 1. The molecule has 0 amide bonds. The van der Waals surface area contributed by atoms with Crippen molar-refractivity contribution in [2.45, 2.75) is 12.8 Å². The first-order chi connectivity index (χ1) is 10.3. The van der Waals surface area contributed by atoms with Crippen molar-refractivity contribution in [3.63, 3.8) is 0 Å². The minimum absolute atomic E-state index is 0.296. The molecular formula is C18H19NO2. The summed E-state index contributed by atoms with van der Waals surface area (Å²) >= 11 is 0. The molecule has 1 heterocycles. The summed E-state index contributed by atoms with van der Waals surface area (Å²) in [5.74, 6) is -0.296. The third-order valence-electron chi connectivity index (χ3n) is 3.95. The standard InChI is InChI=1S/C18H19NO2/c1-21-18(20)15-8-6-7-14(13-15)16-9-2-3-10-17(16)19-11-4-5-12-19/h2-3,6-10,13H,4-5,11-12H2,1H3. The molecule has 1 aliphatic heterocycles. The van der Waals surface area contributed by atoms with Crippen LogP contribution < -0.4 is 4.90 Å². The number of ether oxygens (including phenoxy) is 1. The van der Waals surface area contributed by atoms with Gasteiger partial charge in [0, 0.05) is 24.3 Å². The SMILES string of the molecule is COC(=O)c1cccc(-c2ccccc2N2CCCC2)c1. The summed E-state index contributed by atoms with van der Waals surface area (Å²) in [6.45, 7) is 2.21. The molecule has 0 aromatic heterocycles. The van der Waals surface area contributed by atoms with E-state index in [1.54, 1.807) is 6.07 Å². The number of rotatable bonds is 3. The van der Waals surface area contributed by atoms with E-state index in [0.29, 0.717) is 5.56 Å². The smallest absolute Gasteiger partial charge is 0.337 e. The predicted octanol–water partition coefficient (Wildman–Crippen LogP) is 3.74. The van der Waals surface area contributed by atoms with Crippen molar-refractivity contribution in [3.05, 3.63) is 54.1 Å². The number of nitrogens with zero attached hydrogens (tertiary/aromatic N) is 1. The largest absolute Gasteiger partial charge is 0.465 e. The summed E-state index contributed by atoms with van der Waals surface area (Å²) in [5.41, 5.74) is 4.06. The van der Waals surface area contributed by atoms with Crippen molar-refractivity contribution in [1.82, 2.24) is 0 Å². The van der Waals surface area contributed by atoms with Crippen LogP contribution in [0, 0.1) is 0 Å². The molecule has 3 heteroatoms. The number of hydrogen-bond acceptors (Lipinski definition) is 3. The van der Waals surface area contributed by atoms with Gasteiger partial charge in [-0.15, -0.1) is 0 Å². The molecular weight excluding hydrogens is 262 g/mol. The molecule has 0 bridgehead atoms. The van der Waals surface area contributed by atoms with Gasteiger partial charge in [-0.2, -0.15) is 0 Å². The van der Waals surface area contributed by atoms with Gasteiger partial charge in [0.05, 0.1) is 12.7 Å². The van der Waals surface area contributed by atoms with Crippen LogP contribution in [0.5, 0.6) is 0 Å². The second-order valence-corrected chi connectivity index (χ2v) is 5.28. The zero-order valence-electron chi connectivity index (χ0n) is 12.2. The maximum absolute atomic E-state index is 11.7. The van der Waals surface area contributed by atoms with Gasteiger partial charge in [-0.1, -0.05) is 30.3 Å². The fraction of sp³-hybridized carbons (Fsp3) is 0.278. The zero-order chi connectivity index (χ0) is 14.7. The van der Waals surface area contributed by atoms with Gasteiger partial charge in [-0.25, -0.2) is 4.79 Å². The van der Waals surface area contributed by atoms with Crippen molar-refractivity contribution < 1.29 is 9.53 Å². The number of para-hydroxylation sites is 1. The lowest BCUT2D eigenvalue weighted by Gasteiger charge is -2.21. The van der Waals surface area contributed by atoms with Gasteiger partial charge < -0.3 is 9.64 Å². The van der Waals surface area contributed by atoms with E-state index in [4.69, 9.17) is 4.74 Å². The van der Waals surface area contributed by atoms with E-state index in [0.717, 1.165) is 18.7 Å². The lowest BCUT2D eigenvalue weighted by Crippen LogP contribution is -2.18. The average molecular weight is 281 g/mol. The molecule has 0 saturated carbocycles. The van der Waals surface area contributed by atoms with Crippen LogP contribution in [0.3, 0.4) is 0 Å². The van der Waals surface area contributed by atoms with Crippen molar-refractivity contribution >= 4 is 11.7 Å². The first-order valence-corrected chi connectivity index (χ1v) is 7.32. The van der Waals surface area contributed by atoms with E-state index < -0.39 is 0 Å². The van der Waals surface area contributed by atoms with Crippen LogP contribution in [0.1, 0.15) is 23.2 Å². The average Bonchev–Trinajstić information content (AvgIpc) is 3.08. The fourth-order valence-corrected chi connectivity index (χ4v) is 2.88. The number of esters is 1. The van der Waals surface area contributed by atoms with Crippen LogP contribution >= 0.6 is 0 Å². The van der Waals surface area contributed by atoms with Crippen LogP contribution in [-0.2, 0) is 4.74 Å². The Labute approximate surface area is 125 Å². The van der Waals surface area contributed by atoms with Crippen molar-refractivity contribution in [2.24, 2.45) is 0 Å². The third-order valence-corrected chi connectivity index (χ3v) is 3.95. The molecule has 21 heavy (non-hydrogen) atoms. The second kappa shape index (κ2) is 6.00. The summed E-state index contributed by atoms with van der Waals surface area (Å²) in [6, 6.07) is 16.0. The molecule has 1 saturated heterocycles. The second-order valence-electron chi connectivity index (χ2n) is 5.28. The van der Waals surface area contributed by atoms with Crippen molar-refractivity contribution in [3.8, 4) is 11.1 Å². The Balaban J connectivity index is 2.02. The van der Waals surface area contributed by atoms with Crippen LogP contribution in [0.2, 0.25) is 0 Å². The van der Waals surface area contributed by atoms with E-state index in [2.05, 4.69) is 23.1 Å². The summed E-state index contributed by atoms with van der Waals surface area (Å²) in [5, 5.41) is 0. The van der Waals surface area contributed by atoms with Gasteiger partial charge in [0.2, 0.25) is 0 Å². The molecule has 1 aliphatic rings. The highest BCUT2D eigenvalue weighted by molar-refractivity contribution is 5.92. The Morgan fingerprint density at radius 1 is 1.05 bits per heavy atom. The number of methoxy groups -OCH3 is 1. The number of hydrogen-bond donors (Lipinski definition) is 0. The molecule has 0 spiro atoms. The lowest BCUT2D eigenvalue weighted by molar-refractivity contribution is 0.0601. The van der Waals surface area contributed by atoms with Crippen LogP contribution in [-0.4, -0.2) is 26.2 Å². The molecule has 3 nitrogen and oxygen atoms in total.